The van der Waals surface area contributed by atoms with Crippen molar-refractivity contribution in [1.82, 2.24) is 15.5 Å². The Labute approximate surface area is 124 Å². The second kappa shape index (κ2) is 8.66. The molecular formula is C15H21N3OS. The summed E-state index contributed by atoms with van der Waals surface area (Å²) in [5.74, 6) is 0.869. The summed E-state index contributed by atoms with van der Waals surface area (Å²) in [4.78, 5) is 0. The molecule has 0 bridgehead atoms. The normalized spacial score (nSPS) is 10.7. The summed E-state index contributed by atoms with van der Waals surface area (Å²) in [7, 11) is 0. The molecular weight excluding hydrogens is 270 g/mol. The van der Waals surface area contributed by atoms with E-state index in [0.29, 0.717) is 6.61 Å². The van der Waals surface area contributed by atoms with Crippen LogP contribution in [-0.2, 0) is 13.0 Å². The molecule has 0 radical (unpaired) electrons. The number of aryl methyl sites for hydroxylation is 1. The van der Waals surface area contributed by atoms with Crippen LogP contribution >= 0.6 is 11.3 Å². The number of aromatic nitrogens is 2. The van der Waals surface area contributed by atoms with Gasteiger partial charge in [0.1, 0.15) is 17.4 Å². The molecule has 0 saturated carbocycles. The standard InChI is InChI=1S/C15H21N3OS/c1-2-10-16-11-6-9-14-17-18-15(20-14)12-19-13-7-4-3-5-8-13/h3-5,7-8,16H,2,6,9-12H2,1H3. The van der Waals surface area contributed by atoms with Crippen LogP contribution in [0.15, 0.2) is 30.3 Å². The first-order chi connectivity index (χ1) is 9.88. The van der Waals surface area contributed by atoms with E-state index in [1.54, 1.807) is 11.3 Å². The molecule has 0 spiro atoms. The molecule has 5 heteroatoms. The largest absolute Gasteiger partial charge is 0.486 e. The first kappa shape index (κ1) is 14.9. The van der Waals surface area contributed by atoms with Crippen molar-refractivity contribution in [3.05, 3.63) is 40.3 Å². The molecule has 0 amide bonds. The lowest BCUT2D eigenvalue weighted by molar-refractivity contribution is 0.304. The van der Waals surface area contributed by atoms with Crippen LogP contribution in [-0.4, -0.2) is 23.3 Å². The quantitative estimate of drug-likeness (QED) is 0.721. The Bertz CT molecular complexity index is 487. The van der Waals surface area contributed by atoms with Gasteiger partial charge in [-0.2, -0.15) is 0 Å². The van der Waals surface area contributed by atoms with E-state index < -0.39 is 0 Å². The summed E-state index contributed by atoms with van der Waals surface area (Å²) in [5, 5.41) is 13.8. The van der Waals surface area contributed by atoms with E-state index in [-0.39, 0.29) is 0 Å². The number of rotatable bonds is 9. The highest BCUT2D eigenvalue weighted by molar-refractivity contribution is 7.11. The molecule has 2 aromatic rings. The molecule has 1 aromatic heterocycles. The Morgan fingerprint density at radius 2 is 1.90 bits per heavy atom. The Hall–Kier alpha value is -1.46. The third-order valence-corrected chi connectivity index (χ3v) is 3.74. The Kier molecular flexibility index (Phi) is 6.47. The Morgan fingerprint density at radius 1 is 1.10 bits per heavy atom. The molecule has 0 atom stereocenters. The van der Waals surface area contributed by atoms with Crippen molar-refractivity contribution in [2.45, 2.75) is 32.8 Å². The highest BCUT2D eigenvalue weighted by Gasteiger charge is 2.04. The molecule has 1 heterocycles. The lowest BCUT2D eigenvalue weighted by atomic mass is 10.3. The zero-order valence-corrected chi connectivity index (χ0v) is 12.7. The number of nitrogens with one attached hydrogen (secondary N) is 1. The van der Waals surface area contributed by atoms with Crippen LogP contribution in [0.4, 0.5) is 0 Å². The number of benzene rings is 1. The number of ether oxygens (including phenoxy) is 1. The van der Waals surface area contributed by atoms with E-state index in [9.17, 15) is 0 Å². The zero-order valence-electron chi connectivity index (χ0n) is 11.8. The minimum absolute atomic E-state index is 0.496. The third kappa shape index (κ3) is 5.27. The monoisotopic (exact) mass is 291 g/mol. The first-order valence-corrected chi connectivity index (χ1v) is 7.90. The number of hydrogen-bond acceptors (Lipinski definition) is 5. The van der Waals surface area contributed by atoms with Crippen molar-refractivity contribution in [2.24, 2.45) is 0 Å². The minimum Gasteiger partial charge on any atom is -0.486 e. The summed E-state index contributed by atoms with van der Waals surface area (Å²) >= 11 is 1.64. The van der Waals surface area contributed by atoms with Gasteiger partial charge in [0.05, 0.1) is 0 Å². The van der Waals surface area contributed by atoms with Crippen LogP contribution in [0.3, 0.4) is 0 Å². The van der Waals surface area contributed by atoms with E-state index in [1.807, 2.05) is 30.3 Å². The van der Waals surface area contributed by atoms with Crippen molar-refractivity contribution in [3.63, 3.8) is 0 Å². The summed E-state index contributed by atoms with van der Waals surface area (Å²) in [5.41, 5.74) is 0. The van der Waals surface area contributed by atoms with Gasteiger partial charge in [0.15, 0.2) is 5.01 Å². The third-order valence-electron chi connectivity index (χ3n) is 2.79. The van der Waals surface area contributed by atoms with E-state index in [4.69, 9.17) is 4.74 Å². The fourth-order valence-electron chi connectivity index (χ4n) is 1.78. The van der Waals surface area contributed by atoms with E-state index in [2.05, 4.69) is 22.4 Å². The summed E-state index contributed by atoms with van der Waals surface area (Å²) in [6.07, 6.45) is 3.27. The van der Waals surface area contributed by atoms with Gasteiger partial charge in [-0.3, -0.25) is 0 Å². The van der Waals surface area contributed by atoms with Gasteiger partial charge in [-0.15, -0.1) is 10.2 Å². The lowest BCUT2D eigenvalue weighted by Crippen LogP contribution is -2.16. The van der Waals surface area contributed by atoms with E-state index >= 15 is 0 Å². The SMILES string of the molecule is CCCNCCCc1nnc(COc2ccccc2)s1. The number of para-hydroxylation sites is 1. The van der Waals surface area contributed by atoms with Crippen molar-refractivity contribution in [3.8, 4) is 5.75 Å². The number of hydrogen-bond donors (Lipinski definition) is 1. The smallest absolute Gasteiger partial charge is 0.155 e. The van der Waals surface area contributed by atoms with Gasteiger partial charge in [-0.25, -0.2) is 0 Å². The molecule has 0 fully saturated rings. The second-order valence-electron chi connectivity index (χ2n) is 4.54. The van der Waals surface area contributed by atoms with Crippen LogP contribution in [0.1, 0.15) is 29.8 Å². The van der Waals surface area contributed by atoms with Crippen LogP contribution in [0.25, 0.3) is 0 Å². The summed E-state index contributed by atoms with van der Waals surface area (Å²) < 4.78 is 5.66. The van der Waals surface area contributed by atoms with Gasteiger partial charge in [-0.05, 0) is 38.1 Å². The Morgan fingerprint density at radius 3 is 2.70 bits per heavy atom. The van der Waals surface area contributed by atoms with Crippen molar-refractivity contribution >= 4 is 11.3 Å². The minimum atomic E-state index is 0.496. The predicted molar refractivity (Wildman–Crippen MR) is 82.2 cm³/mol. The van der Waals surface area contributed by atoms with Crippen LogP contribution < -0.4 is 10.1 Å². The topological polar surface area (TPSA) is 47.0 Å². The molecule has 20 heavy (non-hydrogen) atoms. The summed E-state index contributed by atoms with van der Waals surface area (Å²) in [6, 6.07) is 9.79. The van der Waals surface area contributed by atoms with Crippen molar-refractivity contribution in [1.29, 1.82) is 0 Å². The maximum Gasteiger partial charge on any atom is 0.155 e. The zero-order chi connectivity index (χ0) is 14.0. The lowest BCUT2D eigenvalue weighted by Gasteiger charge is -2.02. The van der Waals surface area contributed by atoms with Gasteiger partial charge in [0.25, 0.3) is 0 Å². The fraction of sp³-hybridized carbons (Fsp3) is 0.467. The average Bonchev–Trinajstić information content (AvgIpc) is 2.94. The second-order valence-corrected chi connectivity index (χ2v) is 5.69. The molecule has 1 aromatic carbocycles. The molecule has 1 N–H and O–H groups in total. The summed E-state index contributed by atoms with van der Waals surface area (Å²) in [6.45, 7) is 4.81. The van der Waals surface area contributed by atoms with Gasteiger partial charge in [0.2, 0.25) is 0 Å². The molecule has 0 aliphatic carbocycles. The van der Waals surface area contributed by atoms with Crippen molar-refractivity contribution in [2.75, 3.05) is 13.1 Å². The van der Waals surface area contributed by atoms with Gasteiger partial charge < -0.3 is 10.1 Å². The van der Waals surface area contributed by atoms with Gasteiger partial charge in [0, 0.05) is 6.42 Å². The average molecular weight is 291 g/mol. The molecule has 0 aliphatic rings. The Balaban J connectivity index is 1.69. The maximum atomic E-state index is 5.66. The molecule has 4 nitrogen and oxygen atoms in total. The van der Waals surface area contributed by atoms with E-state index in [1.165, 1.54) is 6.42 Å². The van der Waals surface area contributed by atoms with Crippen LogP contribution in [0.2, 0.25) is 0 Å². The van der Waals surface area contributed by atoms with Crippen LogP contribution in [0, 0.1) is 0 Å². The fourth-order valence-corrected chi connectivity index (χ4v) is 2.58. The molecule has 0 aliphatic heterocycles. The van der Waals surface area contributed by atoms with E-state index in [0.717, 1.165) is 41.7 Å². The van der Waals surface area contributed by atoms with Gasteiger partial charge >= 0.3 is 0 Å². The molecule has 108 valence electrons. The molecule has 2 rings (SSSR count). The van der Waals surface area contributed by atoms with Crippen LogP contribution in [0.5, 0.6) is 5.75 Å². The maximum absolute atomic E-state index is 5.66. The number of nitrogens with zero attached hydrogens (tertiary/aromatic N) is 2. The highest BCUT2D eigenvalue weighted by atomic mass is 32.1. The van der Waals surface area contributed by atoms with Gasteiger partial charge in [-0.1, -0.05) is 36.5 Å². The highest BCUT2D eigenvalue weighted by Crippen LogP contribution is 2.15. The molecule has 0 saturated heterocycles. The molecule has 0 unspecified atom stereocenters. The first-order valence-electron chi connectivity index (χ1n) is 7.08. The predicted octanol–water partition coefficient (Wildman–Crippen LogP) is 3.05. The van der Waals surface area contributed by atoms with Crippen molar-refractivity contribution < 1.29 is 4.74 Å².